The Hall–Kier alpha value is -2.05. The predicted molar refractivity (Wildman–Crippen MR) is 112 cm³/mol. The van der Waals surface area contributed by atoms with Crippen molar-refractivity contribution in [2.75, 3.05) is 6.54 Å². The van der Waals surface area contributed by atoms with Gasteiger partial charge in [-0.05, 0) is 44.9 Å². The lowest BCUT2D eigenvalue weighted by Crippen LogP contribution is -2.41. The second kappa shape index (κ2) is 18.3. The maximum absolute atomic E-state index is 11.9. The summed E-state index contributed by atoms with van der Waals surface area (Å²) in [7, 11) is 0. The summed E-state index contributed by atoms with van der Waals surface area (Å²) >= 11 is 0. The number of carbonyl (C=O) groups excluding carboxylic acids is 2. The van der Waals surface area contributed by atoms with Gasteiger partial charge in [0.15, 0.2) is 0 Å². The van der Waals surface area contributed by atoms with E-state index in [4.69, 9.17) is 5.73 Å². The summed E-state index contributed by atoms with van der Waals surface area (Å²) < 4.78 is 0. The number of primary amides is 1. The van der Waals surface area contributed by atoms with Crippen LogP contribution in [0.5, 0.6) is 0 Å². The van der Waals surface area contributed by atoms with E-state index in [0.29, 0.717) is 19.4 Å². The van der Waals surface area contributed by atoms with Gasteiger partial charge >= 0.3 is 12.0 Å². The molecule has 0 aromatic heterocycles. The highest BCUT2D eigenvalue weighted by atomic mass is 16.4. The normalized spacial score (nSPS) is 12.0. The number of aliphatic carboxylic acids is 1. The van der Waals surface area contributed by atoms with Crippen LogP contribution in [-0.4, -0.2) is 35.6 Å². The van der Waals surface area contributed by atoms with Gasteiger partial charge in [-0.2, -0.15) is 0 Å². The molecular weight excluding hydrogens is 358 g/mol. The summed E-state index contributed by atoms with van der Waals surface area (Å²) in [5.74, 6) is -1.29. The lowest BCUT2D eigenvalue weighted by atomic mass is 10.1. The first-order valence-electron chi connectivity index (χ1n) is 10.7. The van der Waals surface area contributed by atoms with Crippen LogP contribution in [0.15, 0.2) is 12.2 Å². The van der Waals surface area contributed by atoms with E-state index in [1.165, 1.54) is 32.1 Å². The quantitative estimate of drug-likeness (QED) is 0.207. The number of allylic oxidation sites excluding steroid dienone is 2. The molecule has 0 aliphatic rings. The van der Waals surface area contributed by atoms with Crippen LogP contribution in [0.3, 0.4) is 0 Å². The van der Waals surface area contributed by atoms with Gasteiger partial charge in [0.2, 0.25) is 5.91 Å². The van der Waals surface area contributed by atoms with Crippen molar-refractivity contribution in [1.82, 2.24) is 10.6 Å². The first-order valence-corrected chi connectivity index (χ1v) is 10.7. The molecule has 0 fully saturated rings. The Balaban J connectivity index is 3.67. The Bertz CT molecular complexity index is 467. The highest BCUT2D eigenvalue weighted by Crippen LogP contribution is 2.09. The fourth-order valence-electron chi connectivity index (χ4n) is 2.87. The maximum atomic E-state index is 11.9. The number of carboxylic acid groups (broad SMARTS) is 1. The van der Waals surface area contributed by atoms with Crippen LogP contribution in [0.2, 0.25) is 0 Å². The summed E-state index contributed by atoms with van der Waals surface area (Å²) in [4.78, 5) is 33.7. The molecule has 0 heterocycles. The molecule has 0 radical (unpaired) electrons. The van der Waals surface area contributed by atoms with Crippen molar-refractivity contribution in [1.29, 1.82) is 0 Å². The molecule has 0 aromatic carbocycles. The van der Waals surface area contributed by atoms with Crippen molar-refractivity contribution in [2.24, 2.45) is 5.73 Å². The molecule has 5 N–H and O–H groups in total. The van der Waals surface area contributed by atoms with Gasteiger partial charge in [0, 0.05) is 13.0 Å². The van der Waals surface area contributed by atoms with Gasteiger partial charge in [-0.3, -0.25) is 4.79 Å². The minimum absolute atomic E-state index is 0.231. The third-order valence-electron chi connectivity index (χ3n) is 4.52. The first-order chi connectivity index (χ1) is 13.5. The third kappa shape index (κ3) is 17.4. The number of nitrogens with one attached hydrogen (secondary N) is 2. The Kier molecular flexibility index (Phi) is 17.0. The standard InChI is InChI=1S/C21H39N3O4/c1-2-3-4-5-6-7-8-9-10-11-12-13-16-19(25)24-18(20(26)27)15-14-17-23-21(22)28/h6-7,18H,2-5,8-17H2,1H3,(H,24,25)(H,26,27)(H3,22,23,28)/b7-6-/t18-/m0/s1. The van der Waals surface area contributed by atoms with E-state index in [1.807, 2.05) is 0 Å². The van der Waals surface area contributed by atoms with Crippen LogP contribution in [0.25, 0.3) is 0 Å². The molecule has 7 heteroatoms. The minimum Gasteiger partial charge on any atom is -0.480 e. The zero-order valence-electron chi connectivity index (χ0n) is 17.4. The molecule has 0 aliphatic carbocycles. The van der Waals surface area contributed by atoms with Gasteiger partial charge < -0.3 is 21.5 Å². The smallest absolute Gasteiger partial charge is 0.326 e. The number of hydrogen-bond acceptors (Lipinski definition) is 3. The molecule has 28 heavy (non-hydrogen) atoms. The number of carboxylic acids is 1. The lowest BCUT2D eigenvalue weighted by molar-refractivity contribution is -0.142. The molecule has 0 aromatic rings. The average molecular weight is 398 g/mol. The number of unbranched alkanes of at least 4 members (excludes halogenated alkanes) is 8. The monoisotopic (exact) mass is 397 g/mol. The van der Waals surface area contributed by atoms with Gasteiger partial charge in [-0.1, -0.05) is 51.2 Å². The SMILES string of the molecule is CCCCC/C=C\CCCCCCCC(=O)N[C@@H](CCCNC(N)=O)C(=O)O. The van der Waals surface area contributed by atoms with E-state index in [0.717, 1.165) is 32.1 Å². The predicted octanol–water partition coefficient (Wildman–Crippen LogP) is 3.87. The van der Waals surface area contributed by atoms with Crippen LogP contribution >= 0.6 is 0 Å². The molecule has 0 bridgehead atoms. The fraction of sp³-hybridized carbons (Fsp3) is 0.762. The maximum Gasteiger partial charge on any atom is 0.326 e. The number of carbonyl (C=O) groups is 3. The molecule has 0 spiro atoms. The Morgan fingerprint density at radius 3 is 2.14 bits per heavy atom. The number of rotatable bonds is 18. The Morgan fingerprint density at radius 2 is 1.54 bits per heavy atom. The second-order valence-electron chi connectivity index (χ2n) is 7.17. The Morgan fingerprint density at radius 1 is 0.929 bits per heavy atom. The molecule has 0 unspecified atom stereocenters. The molecule has 162 valence electrons. The van der Waals surface area contributed by atoms with Crippen molar-refractivity contribution in [3.05, 3.63) is 12.2 Å². The first kappa shape index (κ1) is 26.0. The third-order valence-corrected chi connectivity index (χ3v) is 4.52. The Labute approximate surface area is 169 Å². The summed E-state index contributed by atoms with van der Waals surface area (Å²) in [6.07, 6.45) is 16.9. The van der Waals surface area contributed by atoms with E-state index in [2.05, 4.69) is 29.7 Å². The van der Waals surface area contributed by atoms with Gasteiger partial charge in [-0.25, -0.2) is 9.59 Å². The number of hydrogen-bond donors (Lipinski definition) is 4. The summed E-state index contributed by atoms with van der Waals surface area (Å²) in [5.41, 5.74) is 4.95. The van der Waals surface area contributed by atoms with Crippen LogP contribution in [0.4, 0.5) is 4.79 Å². The van der Waals surface area contributed by atoms with E-state index in [1.54, 1.807) is 0 Å². The topological polar surface area (TPSA) is 122 Å². The second-order valence-corrected chi connectivity index (χ2v) is 7.17. The van der Waals surface area contributed by atoms with E-state index >= 15 is 0 Å². The summed E-state index contributed by atoms with van der Waals surface area (Å²) in [6, 6.07) is -1.56. The van der Waals surface area contributed by atoms with Gasteiger partial charge in [0.1, 0.15) is 6.04 Å². The zero-order valence-corrected chi connectivity index (χ0v) is 17.4. The van der Waals surface area contributed by atoms with Crippen molar-refractivity contribution in [3.63, 3.8) is 0 Å². The van der Waals surface area contributed by atoms with Gasteiger partial charge in [-0.15, -0.1) is 0 Å². The summed E-state index contributed by atoms with van der Waals surface area (Å²) in [6.45, 7) is 2.51. The lowest BCUT2D eigenvalue weighted by Gasteiger charge is -2.14. The van der Waals surface area contributed by atoms with Crippen LogP contribution in [-0.2, 0) is 9.59 Å². The molecule has 7 nitrogen and oxygen atoms in total. The van der Waals surface area contributed by atoms with Gasteiger partial charge in [0.05, 0.1) is 0 Å². The van der Waals surface area contributed by atoms with Crippen molar-refractivity contribution >= 4 is 17.9 Å². The van der Waals surface area contributed by atoms with Gasteiger partial charge in [0.25, 0.3) is 0 Å². The summed E-state index contributed by atoms with van der Waals surface area (Å²) in [5, 5.41) is 14.1. The molecule has 3 amide bonds. The largest absolute Gasteiger partial charge is 0.480 e. The fourth-order valence-corrected chi connectivity index (χ4v) is 2.87. The number of amides is 3. The van der Waals surface area contributed by atoms with E-state index < -0.39 is 18.0 Å². The van der Waals surface area contributed by atoms with Crippen LogP contribution in [0, 0.1) is 0 Å². The number of urea groups is 1. The molecule has 0 saturated carbocycles. The molecule has 0 saturated heterocycles. The van der Waals surface area contributed by atoms with Crippen molar-refractivity contribution in [2.45, 2.75) is 96.4 Å². The molecular formula is C21H39N3O4. The zero-order chi connectivity index (χ0) is 21.0. The van der Waals surface area contributed by atoms with E-state index in [9.17, 15) is 19.5 Å². The highest BCUT2D eigenvalue weighted by molar-refractivity contribution is 5.83. The molecule has 1 atom stereocenters. The highest BCUT2D eigenvalue weighted by Gasteiger charge is 2.19. The van der Waals surface area contributed by atoms with Crippen LogP contribution < -0.4 is 16.4 Å². The van der Waals surface area contributed by atoms with Crippen molar-refractivity contribution in [3.8, 4) is 0 Å². The average Bonchev–Trinajstić information content (AvgIpc) is 2.64. The van der Waals surface area contributed by atoms with E-state index in [-0.39, 0.29) is 12.3 Å². The van der Waals surface area contributed by atoms with Crippen LogP contribution in [0.1, 0.15) is 90.4 Å². The molecule has 0 aliphatic heterocycles. The van der Waals surface area contributed by atoms with Crippen molar-refractivity contribution < 1.29 is 19.5 Å². The number of nitrogens with two attached hydrogens (primary N) is 1. The molecule has 0 rings (SSSR count). The minimum atomic E-state index is -1.06.